The van der Waals surface area contributed by atoms with Crippen LogP contribution in [-0.2, 0) is 4.79 Å². The van der Waals surface area contributed by atoms with Crippen LogP contribution in [0, 0.1) is 11.7 Å². The molecule has 1 atom stereocenters. The molecule has 1 fully saturated rings. The highest BCUT2D eigenvalue weighted by Gasteiger charge is 2.37. The zero-order valence-corrected chi connectivity index (χ0v) is 12.1. The molecule has 0 aliphatic carbocycles. The summed E-state index contributed by atoms with van der Waals surface area (Å²) in [5.41, 5.74) is 0. The van der Waals surface area contributed by atoms with Crippen molar-refractivity contribution < 1.29 is 18.7 Å². The normalized spacial score (nSPS) is 18.3. The molecule has 2 rings (SSSR count). The van der Waals surface area contributed by atoms with Crippen LogP contribution in [0.4, 0.5) is 9.18 Å². The summed E-state index contributed by atoms with van der Waals surface area (Å²) in [6.45, 7) is 4.36. The average molecular weight is 294 g/mol. The molecule has 1 unspecified atom stereocenters. The molecule has 0 saturated carbocycles. The number of nitrogens with one attached hydrogen (secondary N) is 1. The van der Waals surface area contributed by atoms with E-state index in [1.165, 1.54) is 24.3 Å². The second-order valence-corrected chi connectivity index (χ2v) is 5.42. The molecular formula is C15H19FN2O3. The van der Waals surface area contributed by atoms with E-state index in [1.54, 1.807) is 0 Å². The zero-order chi connectivity index (χ0) is 15.4. The average Bonchev–Trinajstić information content (AvgIpc) is 2.67. The Hall–Kier alpha value is -2.11. The van der Waals surface area contributed by atoms with E-state index in [9.17, 15) is 14.0 Å². The van der Waals surface area contributed by atoms with Crippen LogP contribution in [0.25, 0.3) is 0 Å². The highest BCUT2D eigenvalue weighted by Crippen LogP contribution is 2.15. The van der Waals surface area contributed by atoms with E-state index < -0.39 is 6.04 Å². The van der Waals surface area contributed by atoms with Crippen LogP contribution in [0.3, 0.4) is 0 Å². The van der Waals surface area contributed by atoms with Gasteiger partial charge in [0, 0.05) is 0 Å². The minimum absolute atomic E-state index is 0.177. The van der Waals surface area contributed by atoms with Crippen LogP contribution in [0.15, 0.2) is 24.3 Å². The highest BCUT2D eigenvalue weighted by atomic mass is 19.1. The lowest BCUT2D eigenvalue weighted by Crippen LogP contribution is -2.35. The molecule has 1 saturated heterocycles. The molecule has 1 aliphatic rings. The van der Waals surface area contributed by atoms with E-state index in [0.717, 1.165) is 4.90 Å². The summed E-state index contributed by atoms with van der Waals surface area (Å²) >= 11 is 0. The predicted octanol–water partition coefficient (Wildman–Crippen LogP) is 2.17. The largest absolute Gasteiger partial charge is 0.492 e. The van der Waals surface area contributed by atoms with Gasteiger partial charge in [-0.3, -0.25) is 9.69 Å². The van der Waals surface area contributed by atoms with E-state index in [4.69, 9.17) is 4.74 Å². The van der Waals surface area contributed by atoms with Crippen LogP contribution in [0.2, 0.25) is 0 Å². The van der Waals surface area contributed by atoms with Crippen LogP contribution in [-0.4, -0.2) is 36.0 Å². The Morgan fingerprint density at radius 1 is 1.29 bits per heavy atom. The van der Waals surface area contributed by atoms with E-state index in [-0.39, 0.29) is 30.9 Å². The van der Waals surface area contributed by atoms with Crippen molar-refractivity contribution in [3.05, 3.63) is 30.1 Å². The van der Waals surface area contributed by atoms with Gasteiger partial charge >= 0.3 is 6.03 Å². The van der Waals surface area contributed by atoms with Gasteiger partial charge in [0.25, 0.3) is 5.91 Å². The SMILES string of the molecule is CC(C)CC1NC(=O)N(CCOc2ccc(F)cc2)C1=O. The smallest absolute Gasteiger partial charge is 0.324 e. The minimum Gasteiger partial charge on any atom is -0.492 e. The zero-order valence-electron chi connectivity index (χ0n) is 12.1. The molecule has 1 heterocycles. The van der Waals surface area contributed by atoms with Gasteiger partial charge in [-0.25, -0.2) is 9.18 Å². The molecule has 114 valence electrons. The standard InChI is InChI=1S/C15H19FN2O3/c1-10(2)9-13-14(19)18(15(20)17-13)7-8-21-12-5-3-11(16)4-6-12/h3-6,10,13H,7-9H2,1-2H3,(H,17,20). The van der Waals surface area contributed by atoms with Crippen molar-refractivity contribution in [2.24, 2.45) is 5.92 Å². The number of imide groups is 1. The summed E-state index contributed by atoms with van der Waals surface area (Å²) in [5.74, 6) is 0.279. The van der Waals surface area contributed by atoms with Crippen LogP contribution in [0.1, 0.15) is 20.3 Å². The Kier molecular flexibility index (Phi) is 4.77. The topological polar surface area (TPSA) is 58.6 Å². The number of hydrogen-bond acceptors (Lipinski definition) is 3. The second kappa shape index (κ2) is 6.56. The maximum atomic E-state index is 12.7. The lowest BCUT2D eigenvalue weighted by atomic mass is 10.0. The first-order chi connectivity index (χ1) is 9.97. The molecule has 3 amide bonds. The number of benzene rings is 1. The molecule has 1 aliphatic heterocycles. The number of carbonyl (C=O) groups excluding carboxylic acids is 2. The molecule has 0 bridgehead atoms. The third-order valence-electron chi connectivity index (χ3n) is 3.21. The summed E-state index contributed by atoms with van der Waals surface area (Å²) in [7, 11) is 0. The summed E-state index contributed by atoms with van der Waals surface area (Å²) in [6, 6.07) is 4.77. The van der Waals surface area contributed by atoms with Gasteiger partial charge in [0.15, 0.2) is 0 Å². The highest BCUT2D eigenvalue weighted by molar-refractivity contribution is 6.04. The third-order valence-corrected chi connectivity index (χ3v) is 3.21. The van der Waals surface area contributed by atoms with Crippen molar-refractivity contribution in [1.29, 1.82) is 0 Å². The third kappa shape index (κ3) is 3.93. The number of hydrogen-bond donors (Lipinski definition) is 1. The van der Waals surface area contributed by atoms with Crippen molar-refractivity contribution in [3.63, 3.8) is 0 Å². The van der Waals surface area contributed by atoms with Gasteiger partial charge in [-0.2, -0.15) is 0 Å². The summed E-state index contributed by atoms with van der Waals surface area (Å²) in [4.78, 5) is 25.0. The van der Waals surface area contributed by atoms with Gasteiger partial charge in [0.05, 0.1) is 6.54 Å². The van der Waals surface area contributed by atoms with Gasteiger partial charge in [-0.1, -0.05) is 13.8 Å². The van der Waals surface area contributed by atoms with Gasteiger partial charge in [-0.05, 0) is 36.6 Å². The van der Waals surface area contributed by atoms with Crippen molar-refractivity contribution >= 4 is 11.9 Å². The van der Waals surface area contributed by atoms with Gasteiger partial charge in [0.2, 0.25) is 0 Å². The Morgan fingerprint density at radius 3 is 2.57 bits per heavy atom. The van der Waals surface area contributed by atoms with Gasteiger partial charge < -0.3 is 10.1 Å². The first kappa shape index (κ1) is 15.3. The number of halogens is 1. The first-order valence-corrected chi connectivity index (χ1v) is 6.97. The molecule has 6 heteroatoms. The summed E-state index contributed by atoms with van der Waals surface area (Å²) in [5, 5.41) is 2.67. The number of rotatable bonds is 6. The lowest BCUT2D eigenvalue weighted by molar-refractivity contribution is -0.128. The summed E-state index contributed by atoms with van der Waals surface area (Å²) < 4.78 is 18.1. The molecule has 5 nitrogen and oxygen atoms in total. The molecular weight excluding hydrogens is 275 g/mol. The molecule has 1 aromatic rings. The van der Waals surface area contributed by atoms with E-state index >= 15 is 0 Å². The van der Waals surface area contributed by atoms with E-state index in [2.05, 4.69) is 5.32 Å². The van der Waals surface area contributed by atoms with Gasteiger partial charge in [0.1, 0.15) is 24.2 Å². The molecule has 0 radical (unpaired) electrons. The van der Waals surface area contributed by atoms with E-state index in [1.807, 2.05) is 13.8 Å². The van der Waals surface area contributed by atoms with Crippen molar-refractivity contribution in [2.75, 3.05) is 13.2 Å². The van der Waals surface area contributed by atoms with Crippen LogP contribution >= 0.6 is 0 Å². The quantitative estimate of drug-likeness (QED) is 0.818. The van der Waals surface area contributed by atoms with Crippen molar-refractivity contribution in [1.82, 2.24) is 10.2 Å². The Balaban J connectivity index is 1.84. The predicted molar refractivity (Wildman–Crippen MR) is 75.4 cm³/mol. The number of urea groups is 1. The minimum atomic E-state index is -0.441. The van der Waals surface area contributed by atoms with Gasteiger partial charge in [-0.15, -0.1) is 0 Å². The molecule has 0 spiro atoms. The number of carbonyl (C=O) groups is 2. The van der Waals surface area contributed by atoms with Crippen LogP contribution < -0.4 is 10.1 Å². The number of ether oxygens (including phenoxy) is 1. The Bertz CT molecular complexity index is 516. The fraction of sp³-hybridized carbons (Fsp3) is 0.467. The van der Waals surface area contributed by atoms with E-state index in [0.29, 0.717) is 18.1 Å². The Morgan fingerprint density at radius 2 is 1.95 bits per heavy atom. The summed E-state index contributed by atoms with van der Waals surface area (Å²) in [6.07, 6.45) is 0.625. The van der Waals surface area contributed by atoms with Crippen molar-refractivity contribution in [2.45, 2.75) is 26.3 Å². The Labute approximate surface area is 123 Å². The second-order valence-electron chi connectivity index (χ2n) is 5.42. The molecule has 0 aromatic heterocycles. The monoisotopic (exact) mass is 294 g/mol. The van der Waals surface area contributed by atoms with Crippen molar-refractivity contribution in [3.8, 4) is 5.75 Å². The maximum absolute atomic E-state index is 12.7. The van der Waals surface area contributed by atoms with Crippen LogP contribution in [0.5, 0.6) is 5.75 Å². The molecule has 1 N–H and O–H groups in total. The first-order valence-electron chi connectivity index (χ1n) is 6.97. The molecule has 21 heavy (non-hydrogen) atoms. The fourth-order valence-corrected chi connectivity index (χ4v) is 2.21. The number of nitrogens with zero attached hydrogens (tertiary/aromatic N) is 1. The lowest BCUT2D eigenvalue weighted by Gasteiger charge is -2.14. The maximum Gasteiger partial charge on any atom is 0.324 e. The molecule has 1 aromatic carbocycles. The fourth-order valence-electron chi connectivity index (χ4n) is 2.21. The number of amides is 3.